The van der Waals surface area contributed by atoms with Gasteiger partial charge in [-0.05, 0) is 55.0 Å². The number of likely N-dealkylation sites (tertiary alicyclic amines) is 1. The maximum absolute atomic E-state index is 12.6. The van der Waals surface area contributed by atoms with Crippen molar-refractivity contribution in [3.63, 3.8) is 0 Å². The van der Waals surface area contributed by atoms with E-state index in [1.807, 2.05) is 35.2 Å². The van der Waals surface area contributed by atoms with Crippen molar-refractivity contribution in [1.82, 2.24) is 4.90 Å². The second-order valence-electron chi connectivity index (χ2n) is 9.76. The SMILES string of the molecule is CC(C)CCN(c1ccc(OCc2ccccc2)cc1)C1CCN(C(=O)CC(C)C(N)=O)CC1. The zero-order valence-corrected chi connectivity index (χ0v) is 20.8. The highest BCUT2D eigenvalue weighted by atomic mass is 16.5. The minimum Gasteiger partial charge on any atom is -0.489 e. The summed E-state index contributed by atoms with van der Waals surface area (Å²) in [7, 11) is 0. The van der Waals surface area contributed by atoms with Gasteiger partial charge in [-0.3, -0.25) is 9.59 Å². The molecule has 2 amide bonds. The Morgan fingerprint density at radius 3 is 2.26 bits per heavy atom. The van der Waals surface area contributed by atoms with Crippen molar-refractivity contribution in [3.8, 4) is 5.75 Å². The third-order valence-corrected chi connectivity index (χ3v) is 6.59. The van der Waals surface area contributed by atoms with Gasteiger partial charge in [0, 0.05) is 43.7 Å². The predicted molar refractivity (Wildman–Crippen MR) is 137 cm³/mol. The van der Waals surface area contributed by atoms with Crippen LogP contribution in [0.15, 0.2) is 54.6 Å². The monoisotopic (exact) mass is 465 g/mol. The van der Waals surface area contributed by atoms with Crippen LogP contribution in [0.5, 0.6) is 5.75 Å². The molecule has 1 atom stereocenters. The highest BCUT2D eigenvalue weighted by molar-refractivity contribution is 5.84. The number of piperidine rings is 1. The fourth-order valence-electron chi connectivity index (χ4n) is 4.31. The first-order valence-electron chi connectivity index (χ1n) is 12.4. The van der Waals surface area contributed by atoms with E-state index in [1.165, 1.54) is 5.69 Å². The van der Waals surface area contributed by atoms with E-state index in [4.69, 9.17) is 10.5 Å². The summed E-state index contributed by atoms with van der Waals surface area (Å²) in [6.07, 6.45) is 3.14. The van der Waals surface area contributed by atoms with Crippen LogP contribution in [0.3, 0.4) is 0 Å². The molecule has 2 aromatic rings. The number of hydrogen-bond acceptors (Lipinski definition) is 4. The van der Waals surface area contributed by atoms with Crippen LogP contribution in [-0.2, 0) is 16.2 Å². The van der Waals surface area contributed by atoms with E-state index < -0.39 is 11.8 Å². The number of amides is 2. The van der Waals surface area contributed by atoms with Crippen molar-refractivity contribution >= 4 is 17.5 Å². The van der Waals surface area contributed by atoms with E-state index in [0.717, 1.165) is 37.1 Å². The van der Waals surface area contributed by atoms with Crippen LogP contribution in [0.25, 0.3) is 0 Å². The smallest absolute Gasteiger partial charge is 0.223 e. The first-order valence-corrected chi connectivity index (χ1v) is 12.4. The lowest BCUT2D eigenvalue weighted by atomic mass is 9.99. The third-order valence-electron chi connectivity index (χ3n) is 6.59. The quantitative estimate of drug-likeness (QED) is 0.525. The molecule has 1 aliphatic heterocycles. The van der Waals surface area contributed by atoms with E-state index in [2.05, 4.69) is 43.0 Å². The summed E-state index contributed by atoms with van der Waals surface area (Å²) in [5.41, 5.74) is 7.68. The third kappa shape index (κ3) is 7.51. The van der Waals surface area contributed by atoms with Crippen LogP contribution in [0.2, 0.25) is 0 Å². The van der Waals surface area contributed by atoms with E-state index in [-0.39, 0.29) is 12.3 Å². The summed E-state index contributed by atoms with van der Waals surface area (Å²) in [5.74, 6) is 0.668. The summed E-state index contributed by atoms with van der Waals surface area (Å²) in [5, 5.41) is 0. The van der Waals surface area contributed by atoms with Crippen molar-refractivity contribution in [2.45, 2.75) is 59.1 Å². The van der Waals surface area contributed by atoms with Gasteiger partial charge in [-0.1, -0.05) is 51.1 Å². The number of hydrogen-bond donors (Lipinski definition) is 1. The number of nitrogens with zero attached hydrogens (tertiary/aromatic N) is 2. The average Bonchev–Trinajstić information content (AvgIpc) is 2.84. The molecule has 2 aromatic carbocycles. The Bertz CT molecular complexity index is 906. The van der Waals surface area contributed by atoms with Gasteiger partial charge in [0.15, 0.2) is 0 Å². The number of benzene rings is 2. The zero-order valence-electron chi connectivity index (χ0n) is 20.8. The van der Waals surface area contributed by atoms with E-state index in [1.54, 1.807) is 6.92 Å². The molecular weight excluding hydrogens is 426 g/mol. The van der Waals surface area contributed by atoms with Gasteiger partial charge in [0.2, 0.25) is 11.8 Å². The molecular formula is C28H39N3O3. The predicted octanol–water partition coefficient (Wildman–Crippen LogP) is 4.62. The second kappa shape index (κ2) is 12.4. The summed E-state index contributed by atoms with van der Waals surface area (Å²) >= 11 is 0. The van der Waals surface area contributed by atoms with Gasteiger partial charge in [-0.2, -0.15) is 0 Å². The first kappa shape index (κ1) is 25.6. The van der Waals surface area contributed by atoms with Gasteiger partial charge in [0.25, 0.3) is 0 Å². The van der Waals surface area contributed by atoms with E-state index in [9.17, 15) is 9.59 Å². The molecule has 1 unspecified atom stereocenters. The first-order chi connectivity index (χ1) is 16.3. The fourth-order valence-corrected chi connectivity index (χ4v) is 4.31. The van der Waals surface area contributed by atoms with Crippen molar-refractivity contribution in [2.24, 2.45) is 17.6 Å². The summed E-state index contributed by atoms with van der Waals surface area (Å²) in [4.78, 5) is 28.3. The molecule has 184 valence electrons. The Balaban J connectivity index is 1.60. The number of primary amides is 1. The van der Waals surface area contributed by atoms with Gasteiger partial charge in [0.1, 0.15) is 12.4 Å². The van der Waals surface area contributed by atoms with Crippen LogP contribution in [0, 0.1) is 11.8 Å². The maximum atomic E-state index is 12.6. The number of carbonyl (C=O) groups is 2. The van der Waals surface area contributed by atoms with Crippen LogP contribution in [0.4, 0.5) is 5.69 Å². The minimum absolute atomic E-state index is 0.0263. The van der Waals surface area contributed by atoms with Crippen molar-refractivity contribution in [3.05, 3.63) is 60.2 Å². The lowest BCUT2D eigenvalue weighted by Crippen LogP contribution is -2.48. The molecule has 0 spiro atoms. The van der Waals surface area contributed by atoms with Crippen LogP contribution in [0.1, 0.15) is 52.0 Å². The Morgan fingerprint density at radius 2 is 1.68 bits per heavy atom. The molecule has 1 fully saturated rings. The number of anilines is 1. The average molecular weight is 466 g/mol. The maximum Gasteiger partial charge on any atom is 0.223 e. The Morgan fingerprint density at radius 1 is 1.03 bits per heavy atom. The molecule has 0 saturated carbocycles. The van der Waals surface area contributed by atoms with Crippen LogP contribution >= 0.6 is 0 Å². The topological polar surface area (TPSA) is 75.9 Å². The number of ether oxygens (including phenoxy) is 1. The molecule has 34 heavy (non-hydrogen) atoms. The Hall–Kier alpha value is -3.02. The standard InChI is InChI=1S/C28H39N3O3/c1-21(2)13-18-31(25-14-16-30(17-15-25)27(32)19-22(3)28(29)33)24-9-11-26(12-10-24)34-20-23-7-5-4-6-8-23/h4-12,21-22,25H,13-20H2,1-3H3,(H2,29,33). The largest absolute Gasteiger partial charge is 0.489 e. The Kier molecular flexibility index (Phi) is 9.37. The van der Waals surface area contributed by atoms with Gasteiger partial charge in [-0.25, -0.2) is 0 Å². The molecule has 1 aliphatic rings. The zero-order chi connectivity index (χ0) is 24.5. The van der Waals surface area contributed by atoms with E-state index >= 15 is 0 Å². The number of carbonyl (C=O) groups excluding carboxylic acids is 2. The van der Waals surface area contributed by atoms with Crippen molar-refractivity contribution in [2.75, 3.05) is 24.5 Å². The lowest BCUT2D eigenvalue weighted by Gasteiger charge is -2.40. The van der Waals surface area contributed by atoms with Crippen molar-refractivity contribution in [1.29, 1.82) is 0 Å². The molecule has 6 nitrogen and oxygen atoms in total. The molecule has 2 N–H and O–H groups in total. The van der Waals surface area contributed by atoms with Gasteiger partial charge in [0.05, 0.1) is 0 Å². The molecule has 0 aliphatic carbocycles. The Labute approximate surface area is 204 Å². The molecule has 1 saturated heterocycles. The minimum atomic E-state index is -0.421. The second-order valence-corrected chi connectivity index (χ2v) is 9.76. The lowest BCUT2D eigenvalue weighted by molar-refractivity contribution is -0.136. The van der Waals surface area contributed by atoms with Crippen LogP contribution in [-0.4, -0.2) is 42.4 Å². The molecule has 3 rings (SSSR count). The molecule has 0 radical (unpaired) electrons. The highest BCUT2D eigenvalue weighted by Gasteiger charge is 2.28. The number of nitrogens with two attached hydrogens (primary N) is 1. The van der Waals surface area contributed by atoms with Gasteiger partial charge >= 0.3 is 0 Å². The molecule has 0 aromatic heterocycles. The summed E-state index contributed by atoms with van der Waals surface area (Å²) < 4.78 is 5.96. The van der Waals surface area contributed by atoms with Crippen LogP contribution < -0.4 is 15.4 Å². The fraction of sp³-hybridized carbons (Fsp3) is 0.500. The van der Waals surface area contributed by atoms with Gasteiger partial charge < -0.3 is 20.3 Å². The molecule has 1 heterocycles. The highest BCUT2D eigenvalue weighted by Crippen LogP contribution is 2.27. The van der Waals surface area contributed by atoms with Crippen molar-refractivity contribution < 1.29 is 14.3 Å². The normalized spacial score (nSPS) is 15.2. The number of rotatable bonds is 11. The molecule has 6 heteroatoms. The van der Waals surface area contributed by atoms with Gasteiger partial charge in [-0.15, -0.1) is 0 Å². The summed E-state index contributed by atoms with van der Waals surface area (Å²) in [6, 6.07) is 18.9. The summed E-state index contributed by atoms with van der Waals surface area (Å²) in [6.45, 7) is 9.18. The molecule has 0 bridgehead atoms. The van der Waals surface area contributed by atoms with E-state index in [0.29, 0.717) is 31.7 Å².